The molecule has 0 aromatic carbocycles. The van der Waals surface area contributed by atoms with Crippen LogP contribution in [0.4, 0.5) is 0 Å². The van der Waals surface area contributed by atoms with Gasteiger partial charge in [0.15, 0.2) is 5.78 Å². The van der Waals surface area contributed by atoms with Crippen molar-refractivity contribution in [2.75, 3.05) is 13.7 Å². The molecule has 11 atom stereocenters. The number of methoxy groups -OCH3 is 1. The number of aromatic nitrogens is 1. The number of ketones is 1. The maximum absolute atomic E-state index is 13.3. The van der Waals surface area contributed by atoms with E-state index in [1.165, 1.54) is 33.4 Å². The van der Waals surface area contributed by atoms with Crippen LogP contribution in [0.15, 0.2) is 101 Å². The van der Waals surface area contributed by atoms with Gasteiger partial charge in [0.05, 0.1) is 35.9 Å². The Balaban J connectivity index is 0.0000120. The van der Waals surface area contributed by atoms with Crippen LogP contribution in [-0.2, 0) is 26.1 Å². The molecule has 1 aromatic heterocycles. The Morgan fingerprint density at radius 3 is 2.31 bits per heavy atom. The van der Waals surface area contributed by atoms with Crippen molar-refractivity contribution >= 4 is 11.7 Å². The van der Waals surface area contributed by atoms with Crippen molar-refractivity contribution in [1.29, 1.82) is 0 Å². The number of carbonyl (C=O) groups is 2. The maximum Gasteiger partial charge on any atom is 1.00 e. The number of aliphatic hydroxyl groups excluding tert-OH is 4. The van der Waals surface area contributed by atoms with Crippen molar-refractivity contribution in [3.05, 3.63) is 112 Å². The van der Waals surface area contributed by atoms with Gasteiger partial charge in [-0.3, -0.25) is 14.4 Å². The van der Waals surface area contributed by atoms with E-state index in [1.54, 1.807) is 81.5 Å². The molecule has 320 valence electrons. The third-order valence-corrected chi connectivity index (χ3v) is 11.0. The van der Waals surface area contributed by atoms with Crippen molar-refractivity contribution in [2.24, 2.45) is 24.3 Å². The van der Waals surface area contributed by atoms with E-state index in [4.69, 9.17) is 14.2 Å². The van der Waals surface area contributed by atoms with E-state index in [-0.39, 0.29) is 37.4 Å². The summed E-state index contributed by atoms with van der Waals surface area (Å²) in [5.41, 5.74) is -1.10. The molecule has 2 aliphatic heterocycles. The second-order valence-corrected chi connectivity index (χ2v) is 15.4. The average Bonchev–Trinajstić information content (AvgIpc) is 3.46. The predicted molar refractivity (Wildman–Crippen MR) is 217 cm³/mol. The van der Waals surface area contributed by atoms with Crippen LogP contribution in [0.3, 0.4) is 0 Å². The number of rotatable bonds is 17. The number of aryl methyl sites for hydroxylation is 1. The zero-order valence-corrected chi connectivity index (χ0v) is 35.8. The van der Waals surface area contributed by atoms with Gasteiger partial charge in [0.2, 0.25) is 11.7 Å². The molecular formula is C44H61LiN2O12. The largest absolute Gasteiger partial charge is 1.00 e. The zero-order chi connectivity index (χ0) is 43.5. The fourth-order valence-corrected chi connectivity index (χ4v) is 7.25. The Labute approximate surface area is 359 Å². The number of hydrogen-bond acceptors (Lipinski definition) is 12. The molecule has 3 heterocycles. The molecule has 0 aliphatic carbocycles. The predicted octanol–water partition coefficient (Wildman–Crippen LogP) is -0.543. The number of nitrogens with zero attached hydrogens (tertiary/aromatic N) is 1. The van der Waals surface area contributed by atoms with E-state index in [0.717, 1.165) is 16.2 Å². The molecule has 1 amide bonds. The van der Waals surface area contributed by atoms with Crippen LogP contribution in [0, 0.1) is 17.3 Å². The Morgan fingerprint density at radius 1 is 1.02 bits per heavy atom. The quantitative estimate of drug-likeness (QED) is 0.0506. The first kappa shape index (κ1) is 51.5. The van der Waals surface area contributed by atoms with Gasteiger partial charge in [0.25, 0.3) is 5.56 Å². The molecule has 2 fully saturated rings. The SMILES string of the molecule is C/C=C\C=C\[C@@H]1O[C@](O)([C@H](CC)C(=O)NC/C=C/C=C(\C)[C@@H](OC)[C@@H](C)[C@@H]2O[C@H](/C=C/C=C/C=C(\C)C(=O)c3c([O-])ccn(C)c3=O)[C@H](O)[C@@H]2O)[C@H](O)[C@H](O)C1(C)C.[Li+]. The van der Waals surface area contributed by atoms with Crippen LogP contribution in [0.25, 0.3) is 0 Å². The fraction of sp³-hybridized carbons (Fsp3) is 0.523. The summed E-state index contributed by atoms with van der Waals surface area (Å²) in [5, 5.41) is 70.0. The summed E-state index contributed by atoms with van der Waals surface area (Å²) >= 11 is 0. The minimum Gasteiger partial charge on any atom is -0.872 e. The molecule has 2 saturated heterocycles. The minimum atomic E-state index is -2.35. The standard InChI is InChI=1S/C44H62N2O12.Li/c1-10-12-14-22-32-43(6,7)39(51)40(52)44(55,58-32)29(11-2)41(53)45-24-18-17-20-27(4)37(56-9)28(5)38-36(50)35(49)31(57-38)21-16-13-15-19-26(3)34(48)33-30(47)23-25-46(8)42(33)54;/h10,12-23,25,28-29,31-32,35-40,47,49-52,55H,11,24H2,1-9H3,(H,45,53);/q;+1/p-1/b12-10-,15-13+,18-17+,21-16+,22-14+,26-19+,27-20+;/t28-,29-,31-,32+,35+,36+,37-,38+,39+,40-,44-;/m1./s1. The van der Waals surface area contributed by atoms with E-state index in [2.05, 4.69) is 5.32 Å². The molecule has 0 radical (unpaired) electrons. The smallest absolute Gasteiger partial charge is 0.872 e. The number of amides is 1. The molecule has 1 aromatic rings. The van der Waals surface area contributed by atoms with Crippen molar-refractivity contribution < 1.29 is 73.3 Å². The number of Topliss-reactive ketones (excluding diaryl/α,β-unsaturated/α-hetero) is 1. The van der Waals surface area contributed by atoms with Gasteiger partial charge in [-0.1, -0.05) is 112 Å². The van der Waals surface area contributed by atoms with Crippen LogP contribution in [-0.4, -0.2) is 110 Å². The molecule has 3 rings (SSSR count). The van der Waals surface area contributed by atoms with Gasteiger partial charge in [-0.2, -0.15) is 0 Å². The van der Waals surface area contributed by atoms with Gasteiger partial charge in [-0.15, -0.1) is 0 Å². The molecule has 0 spiro atoms. The number of pyridine rings is 1. The van der Waals surface area contributed by atoms with E-state index in [0.29, 0.717) is 0 Å². The second kappa shape index (κ2) is 22.8. The van der Waals surface area contributed by atoms with Crippen molar-refractivity contribution in [2.45, 2.75) is 110 Å². The minimum absolute atomic E-state index is 0. The summed E-state index contributed by atoms with van der Waals surface area (Å²) in [4.78, 5) is 38.3. The van der Waals surface area contributed by atoms with Gasteiger partial charge < -0.3 is 54.7 Å². The summed E-state index contributed by atoms with van der Waals surface area (Å²) < 4.78 is 19.0. The first-order valence-corrected chi connectivity index (χ1v) is 19.4. The summed E-state index contributed by atoms with van der Waals surface area (Å²) in [5.74, 6) is -5.84. The van der Waals surface area contributed by atoms with Crippen LogP contribution < -0.4 is 34.8 Å². The first-order chi connectivity index (χ1) is 27.3. The van der Waals surface area contributed by atoms with Gasteiger partial charge in [-0.05, 0) is 38.3 Å². The van der Waals surface area contributed by atoms with Crippen molar-refractivity contribution in [3.63, 3.8) is 0 Å². The molecule has 0 bridgehead atoms. The summed E-state index contributed by atoms with van der Waals surface area (Å²) in [7, 11) is 2.97. The van der Waals surface area contributed by atoms with E-state index in [1.807, 2.05) is 26.8 Å². The number of nitrogens with one attached hydrogen (secondary N) is 1. The molecule has 2 aliphatic rings. The number of carbonyl (C=O) groups excluding carboxylic acids is 2. The van der Waals surface area contributed by atoms with Crippen LogP contribution in [0.5, 0.6) is 5.75 Å². The third kappa shape index (κ3) is 12.0. The van der Waals surface area contributed by atoms with Crippen molar-refractivity contribution in [1.82, 2.24) is 9.88 Å². The molecule has 6 N–H and O–H groups in total. The Morgan fingerprint density at radius 2 is 1.68 bits per heavy atom. The Hall–Kier alpha value is -3.65. The first-order valence-electron chi connectivity index (χ1n) is 19.4. The summed E-state index contributed by atoms with van der Waals surface area (Å²) in [6.07, 6.45) is 12.8. The molecule has 59 heavy (non-hydrogen) atoms. The summed E-state index contributed by atoms with van der Waals surface area (Å²) in [6, 6.07) is 1.16. The van der Waals surface area contributed by atoms with Crippen LogP contribution in [0.1, 0.15) is 65.2 Å². The molecular weight excluding hydrogens is 755 g/mol. The third-order valence-electron chi connectivity index (χ3n) is 11.0. The van der Waals surface area contributed by atoms with Crippen LogP contribution >= 0.6 is 0 Å². The molecule has 0 unspecified atom stereocenters. The van der Waals surface area contributed by atoms with E-state index >= 15 is 0 Å². The zero-order valence-electron chi connectivity index (χ0n) is 35.8. The van der Waals surface area contributed by atoms with Crippen LogP contribution in [0.2, 0.25) is 0 Å². The maximum atomic E-state index is 13.3. The number of hydrogen-bond donors (Lipinski definition) is 6. The average molecular weight is 817 g/mol. The van der Waals surface area contributed by atoms with Gasteiger partial charge in [-0.25, -0.2) is 0 Å². The Kier molecular flexibility index (Phi) is 19.9. The monoisotopic (exact) mass is 816 g/mol. The number of allylic oxidation sites excluding steroid dienone is 10. The second-order valence-electron chi connectivity index (χ2n) is 15.4. The Bertz CT molecular complexity index is 1860. The van der Waals surface area contributed by atoms with Gasteiger partial charge >= 0.3 is 18.9 Å². The number of ether oxygens (including phenoxy) is 3. The molecule has 15 heteroatoms. The summed E-state index contributed by atoms with van der Waals surface area (Å²) in [6.45, 7) is 12.2. The number of aliphatic hydroxyl groups is 5. The van der Waals surface area contributed by atoms with E-state index < -0.39 is 100 Å². The van der Waals surface area contributed by atoms with Gasteiger partial charge in [0, 0.05) is 38.2 Å². The van der Waals surface area contributed by atoms with Crippen molar-refractivity contribution in [3.8, 4) is 5.75 Å². The topological polar surface area (TPSA) is 220 Å². The molecule has 14 nitrogen and oxygen atoms in total. The fourth-order valence-electron chi connectivity index (χ4n) is 7.25. The van der Waals surface area contributed by atoms with E-state index in [9.17, 15) is 45.0 Å². The van der Waals surface area contributed by atoms with Gasteiger partial charge in [0.1, 0.15) is 24.4 Å². The normalized spacial score (nSPS) is 29.4. The molecule has 0 saturated carbocycles.